The van der Waals surface area contributed by atoms with Gasteiger partial charge in [-0.2, -0.15) is 18.3 Å². The van der Waals surface area contributed by atoms with Crippen molar-refractivity contribution in [2.45, 2.75) is 39.9 Å². The molecule has 4 nitrogen and oxygen atoms in total. The third kappa shape index (κ3) is 4.27. The minimum atomic E-state index is -4.42. The van der Waals surface area contributed by atoms with E-state index in [0.717, 1.165) is 28.1 Å². The number of carbonyl (C=O) groups is 1. The van der Waals surface area contributed by atoms with Crippen molar-refractivity contribution in [1.29, 1.82) is 0 Å². The highest BCUT2D eigenvalue weighted by atomic mass is 32.1. The molecule has 0 saturated heterocycles. The molecule has 148 valence electrons. The van der Waals surface area contributed by atoms with E-state index in [-0.39, 0.29) is 12.3 Å². The zero-order chi connectivity index (χ0) is 20.5. The minimum absolute atomic E-state index is 0.126. The molecule has 3 rings (SSSR count). The lowest BCUT2D eigenvalue weighted by Gasteiger charge is -2.10. The second-order valence-corrected chi connectivity index (χ2v) is 7.59. The smallest absolute Gasteiger partial charge is 0.351 e. The maximum absolute atomic E-state index is 13.0. The van der Waals surface area contributed by atoms with Crippen LogP contribution in [0.4, 0.5) is 13.2 Å². The van der Waals surface area contributed by atoms with Gasteiger partial charge in [-0.15, -0.1) is 11.3 Å². The Morgan fingerprint density at radius 3 is 2.61 bits per heavy atom. The van der Waals surface area contributed by atoms with E-state index in [4.69, 9.17) is 0 Å². The van der Waals surface area contributed by atoms with Gasteiger partial charge in [0.1, 0.15) is 0 Å². The zero-order valence-electron chi connectivity index (χ0n) is 15.7. The lowest BCUT2D eigenvalue weighted by atomic mass is 10.1. The molecule has 28 heavy (non-hydrogen) atoms. The highest BCUT2D eigenvalue weighted by molar-refractivity contribution is 7.10. The summed E-state index contributed by atoms with van der Waals surface area (Å²) in [7, 11) is 0. The topological polar surface area (TPSA) is 46.9 Å². The van der Waals surface area contributed by atoms with Crippen molar-refractivity contribution in [2.75, 3.05) is 0 Å². The van der Waals surface area contributed by atoms with Crippen LogP contribution in [0.1, 0.15) is 33.0 Å². The molecule has 0 spiro atoms. The number of thiophene rings is 1. The molecule has 1 aromatic carbocycles. The first-order valence-corrected chi connectivity index (χ1v) is 9.57. The predicted octanol–water partition coefficient (Wildman–Crippen LogP) is 4.74. The van der Waals surface area contributed by atoms with Gasteiger partial charge >= 0.3 is 6.18 Å². The lowest BCUT2D eigenvalue weighted by Crippen LogP contribution is -2.24. The Labute approximate surface area is 165 Å². The van der Waals surface area contributed by atoms with Crippen LogP contribution >= 0.6 is 11.3 Å². The van der Waals surface area contributed by atoms with Crippen LogP contribution in [0.2, 0.25) is 0 Å². The van der Waals surface area contributed by atoms with Crippen LogP contribution in [-0.2, 0) is 23.9 Å². The second kappa shape index (κ2) is 7.79. The van der Waals surface area contributed by atoms with Gasteiger partial charge in [0.25, 0.3) is 0 Å². The van der Waals surface area contributed by atoms with Crippen LogP contribution in [0.5, 0.6) is 0 Å². The van der Waals surface area contributed by atoms with Gasteiger partial charge in [-0.1, -0.05) is 6.07 Å². The van der Waals surface area contributed by atoms with Gasteiger partial charge in [0.2, 0.25) is 5.91 Å². The van der Waals surface area contributed by atoms with E-state index in [9.17, 15) is 18.0 Å². The van der Waals surface area contributed by atoms with Gasteiger partial charge in [-0.25, -0.2) is 4.68 Å². The fourth-order valence-electron chi connectivity index (χ4n) is 2.98. The summed E-state index contributed by atoms with van der Waals surface area (Å²) in [5.41, 5.74) is 2.71. The average molecular weight is 407 g/mol. The molecule has 1 amide bonds. The fourth-order valence-corrected chi connectivity index (χ4v) is 3.83. The SMILES string of the molecule is Cc1ccsc1CNC(=O)Cc1c(C)nn(-c2cccc(C(F)(F)F)c2)c1C. The Morgan fingerprint density at radius 1 is 1.21 bits per heavy atom. The monoisotopic (exact) mass is 407 g/mol. The third-order valence-electron chi connectivity index (χ3n) is 4.61. The molecule has 0 unspecified atom stereocenters. The largest absolute Gasteiger partial charge is 0.416 e. The van der Waals surface area contributed by atoms with E-state index in [1.807, 2.05) is 18.4 Å². The van der Waals surface area contributed by atoms with Gasteiger partial charge in [0.05, 0.1) is 29.9 Å². The van der Waals surface area contributed by atoms with Gasteiger partial charge < -0.3 is 5.32 Å². The number of carbonyl (C=O) groups excluding carboxylic acids is 1. The van der Waals surface area contributed by atoms with E-state index in [0.29, 0.717) is 23.6 Å². The maximum atomic E-state index is 13.0. The number of alkyl halides is 3. The lowest BCUT2D eigenvalue weighted by molar-refractivity contribution is -0.137. The first kappa shape index (κ1) is 20.1. The fraction of sp³-hybridized carbons (Fsp3) is 0.300. The molecule has 3 aromatic rings. The number of nitrogens with one attached hydrogen (secondary N) is 1. The molecule has 0 aliphatic carbocycles. The summed E-state index contributed by atoms with van der Waals surface area (Å²) in [6, 6.07) is 7.00. The Bertz CT molecular complexity index is 1000. The van der Waals surface area contributed by atoms with E-state index in [1.165, 1.54) is 10.7 Å². The first-order valence-electron chi connectivity index (χ1n) is 8.69. The van der Waals surface area contributed by atoms with Crippen LogP contribution in [0, 0.1) is 20.8 Å². The molecule has 2 aromatic heterocycles. The van der Waals surface area contributed by atoms with Crippen molar-refractivity contribution < 1.29 is 18.0 Å². The number of hydrogen-bond donors (Lipinski definition) is 1. The normalized spacial score (nSPS) is 11.6. The summed E-state index contributed by atoms with van der Waals surface area (Å²) in [5, 5.41) is 9.22. The molecule has 0 saturated carbocycles. The van der Waals surface area contributed by atoms with Crippen LogP contribution in [0.25, 0.3) is 5.69 Å². The van der Waals surface area contributed by atoms with Crippen LogP contribution in [-0.4, -0.2) is 15.7 Å². The molecule has 0 fully saturated rings. The van der Waals surface area contributed by atoms with Crippen molar-refractivity contribution in [3.05, 3.63) is 68.7 Å². The molecule has 1 N–H and O–H groups in total. The number of nitrogens with zero attached hydrogens (tertiary/aromatic N) is 2. The minimum Gasteiger partial charge on any atom is -0.351 e. The molecular formula is C20H20F3N3OS. The molecule has 0 aliphatic heterocycles. The summed E-state index contributed by atoms with van der Waals surface area (Å²) < 4.78 is 40.4. The standard InChI is InChI=1S/C20H20F3N3OS/c1-12-7-8-28-18(12)11-24-19(27)10-17-13(2)25-26(14(17)3)16-6-4-5-15(9-16)20(21,22)23/h4-9H,10-11H2,1-3H3,(H,24,27). The van der Waals surface area contributed by atoms with Crippen LogP contribution < -0.4 is 5.32 Å². The summed E-state index contributed by atoms with van der Waals surface area (Å²) in [5.74, 6) is -0.150. The molecule has 0 radical (unpaired) electrons. The number of rotatable bonds is 5. The Morgan fingerprint density at radius 2 is 1.96 bits per heavy atom. The van der Waals surface area contributed by atoms with Crippen molar-refractivity contribution in [2.24, 2.45) is 0 Å². The number of aryl methyl sites for hydroxylation is 2. The van der Waals surface area contributed by atoms with Crippen molar-refractivity contribution >= 4 is 17.2 Å². The van der Waals surface area contributed by atoms with Crippen molar-refractivity contribution in [3.63, 3.8) is 0 Å². The van der Waals surface area contributed by atoms with Gasteiger partial charge in [-0.3, -0.25) is 4.79 Å². The van der Waals surface area contributed by atoms with Crippen molar-refractivity contribution in [3.8, 4) is 5.69 Å². The van der Waals surface area contributed by atoms with E-state index >= 15 is 0 Å². The number of aromatic nitrogens is 2. The number of halogens is 3. The summed E-state index contributed by atoms with van der Waals surface area (Å²) in [4.78, 5) is 13.5. The predicted molar refractivity (Wildman–Crippen MR) is 103 cm³/mol. The molecule has 0 bridgehead atoms. The van der Waals surface area contributed by atoms with Crippen molar-refractivity contribution in [1.82, 2.24) is 15.1 Å². The number of hydrogen-bond acceptors (Lipinski definition) is 3. The van der Waals surface area contributed by atoms with E-state index < -0.39 is 11.7 Å². The van der Waals surface area contributed by atoms with E-state index in [1.54, 1.807) is 31.3 Å². The number of amides is 1. The second-order valence-electron chi connectivity index (χ2n) is 6.59. The molecule has 0 atom stereocenters. The third-order valence-corrected chi connectivity index (χ3v) is 5.63. The molecule has 8 heteroatoms. The molecular weight excluding hydrogens is 387 g/mol. The van der Waals surface area contributed by atoms with Gasteiger partial charge in [0, 0.05) is 16.1 Å². The Kier molecular flexibility index (Phi) is 5.60. The average Bonchev–Trinajstić information content (AvgIpc) is 3.17. The summed E-state index contributed by atoms with van der Waals surface area (Å²) in [6.45, 7) is 5.96. The Hall–Kier alpha value is -2.61. The summed E-state index contributed by atoms with van der Waals surface area (Å²) >= 11 is 1.59. The summed E-state index contributed by atoms with van der Waals surface area (Å²) in [6.07, 6.45) is -4.30. The van der Waals surface area contributed by atoms with Gasteiger partial charge in [0.15, 0.2) is 0 Å². The first-order chi connectivity index (χ1) is 13.2. The highest BCUT2D eigenvalue weighted by Gasteiger charge is 2.30. The maximum Gasteiger partial charge on any atom is 0.416 e. The van der Waals surface area contributed by atoms with E-state index in [2.05, 4.69) is 10.4 Å². The van der Waals surface area contributed by atoms with Crippen LogP contribution in [0.15, 0.2) is 35.7 Å². The number of benzene rings is 1. The molecule has 2 heterocycles. The Balaban J connectivity index is 1.78. The quantitative estimate of drug-likeness (QED) is 0.664. The zero-order valence-corrected chi connectivity index (χ0v) is 16.5. The highest BCUT2D eigenvalue weighted by Crippen LogP contribution is 2.31. The molecule has 0 aliphatic rings. The van der Waals surface area contributed by atoms with Gasteiger partial charge in [-0.05, 0) is 56.0 Å². The van der Waals surface area contributed by atoms with Crippen LogP contribution in [0.3, 0.4) is 0 Å².